The quantitative estimate of drug-likeness (QED) is 0.788. The molecule has 0 unspecified atom stereocenters. The van der Waals surface area contributed by atoms with Crippen molar-refractivity contribution in [2.45, 2.75) is 6.92 Å². The van der Waals surface area contributed by atoms with E-state index in [0.717, 1.165) is 5.56 Å². The van der Waals surface area contributed by atoms with E-state index in [1.54, 1.807) is 18.2 Å². The summed E-state index contributed by atoms with van der Waals surface area (Å²) in [6.45, 7) is 1.51. The van der Waals surface area contributed by atoms with Gasteiger partial charge in [0.1, 0.15) is 0 Å². The van der Waals surface area contributed by atoms with Gasteiger partial charge in [0.05, 0.1) is 23.0 Å². The lowest BCUT2D eigenvalue weighted by Crippen LogP contribution is -2.05. The number of nitrogens with zero attached hydrogens (tertiary/aromatic N) is 1. The van der Waals surface area contributed by atoms with Gasteiger partial charge in [-0.05, 0) is 18.2 Å². The van der Waals surface area contributed by atoms with Crippen LogP contribution >= 0.6 is 11.8 Å². The second-order valence-corrected chi connectivity index (χ2v) is 4.70. The molecule has 0 aliphatic carbocycles. The first-order valence-corrected chi connectivity index (χ1v) is 6.25. The summed E-state index contributed by atoms with van der Waals surface area (Å²) in [5.74, 6) is 6.30. The van der Waals surface area contributed by atoms with Gasteiger partial charge in [-0.1, -0.05) is 23.6 Å². The molecule has 1 N–H and O–H groups in total. The number of thioether (sulfide) groups is 1. The molecular formula is C13H10N2O2S. The van der Waals surface area contributed by atoms with E-state index in [4.69, 9.17) is 0 Å². The van der Waals surface area contributed by atoms with Crippen molar-refractivity contribution >= 4 is 27.8 Å². The summed E-state index contributed by atoms with van der Waals surface area (Å²) in [6.07, 6.45) is 1.37. The number of H-pyrrole nitrogens is 1. The van der Waals surface area contributed by atoms with Crippen LogP contribution in [0.3, 0.4) is 0 Å². The highest BCUT2D eigenvalue weighted by Crippen LogP contribution is 2.08. The minimum atomic E-state index is -0.161. The summed E-state index contributed by atoms with van der Waals surface area (Å²) < 4.78 is 0. The van der Waals surface area contributed by atoms with Crippen LogP contribution in [-0.4, -0.2) is 20.8 Å². The van der Waals surface area contributed by atoms with Crippen molar-refractivity contribution in [3.8, 4) is 11.8 Å². The molecule has 0 saturated heterocycles. The second kappa shape index (κ2) is 5.52. The number of rotatable bonds is 1. The Morgan fingerprint density at radius 2 is 2.33 bits per heavy atom. The highest BCUT2D eigenvalue weighted by molar-refractivity contribution is 8.13. The van der Waals surface area contributed by atoms with Crippen LogP contribution in [0.5, 0.6) is 0 Å². The zero-order chi connectivity index (χ0) is 13.0. The maximum atomic E-state index is 11.5. The molecule has 2 rings (SSSR count). The first-order valence-electron chi connectivity index (χ1n) is 5.26. The van der Waals surface area contributed by atoms with E-state index in [0.29, 0.717) is 16.7 Å². The Balaban J connectivity index is 2.25. The Kier molecular flexibility index (Phi) is 3.80. The predicted octanol–water partition coefficient (Wildman–Crippen LogP) is 1.55. The highest BCUT2D eigenvalue weighted by Gasteiger charge is 1.99. The zero-order valence-electron chi connectivity index (χ0n) is 9.69. The van der Waals surface area contributed by atoms with Gasteiger partial charge in [0.25, 0.3) is 5.56 Å². The van der Waals surface area contributed by atoms with E-state index >= 15 is 0 Å². The van der Waals surface area contributed by atoms with Crippen molar-refractivity contribution in [3.05, 3.63) is 40.4 Å². The monoisotopic (exact) mass is 258 g/mol. The maximum Gasteiger partial charge on any atom is 0.258 e. The molecule has 1 aromatic heterocycles. The molecule has 2 aromatic rings. The number of carbonyl (C=O) groups excluding carboxylic acids is 1. The Morgan fingerprint density at radius 1 is 1.50 bits per heavy atom. The lowest BCUT2D eigenvalue weighted by molar-refractivity contribution is -0.109. The standard InChI is InChI=1S/C13H10N2O2S/c1-9(16)18-6-2-3-10-4-5-11-12(7-10)14-8-15-13(11)17/h4-5,7-8H,6H2,1H3,(H,14,15,17). The van der Waals surface area contributed by atoms with E-state index < -0.39 is 0 Å². The summed E-state index contributed by atoms with van der Waals surface area (Å²) >= 11 is 1.17. The Bertz CT molecular complexity index is 710. The molecule has 0 aliphatic heterocycles. The predicted molar refractivity (Wildman–Crippen MR) is 72.4 cm³/mol. The fourth-order valence-corrected chi connectivity index (χ4v) is 1.77. The van der Waals surface area contributed by atoms with E-state index in [9.17, 15) is 9.59 Å². The number of carbonyl (C=O) groups is 1. The highest BCUT2D eigenvalue weighted by atomic mass is 32.2. The third-order valence-corrected chi connectivity index (χ3v) is 2.92. The second-order valence-electron chi connectivity index (χ2n) is 3.55. The number of fused-ring (bicyclic) bond motifs is 1. The van der Waals surface area contributed by atoms with Crippen molar-refractivity contribution in [3.63, 3.8) is 0 Å². The molecule has 5 heteroatoms. The SMILES string of the molecule is CC(=O)SCC#Cc1ccc2c(=O)[nH]cnc2c1. The zero-order valence-corrected chi connectivity index (χ0v) is 10.5. The van der Waals surface area contributed by atoms with Gasteiger partial charge in [-0.2, -0.15) is 0 Å². The molecule has 0 saturated carbocycles. The molecule has 0 bridgehead atoms. The summed E-state index contributed by atoms with van der Waals surface area (Å²) in [7, 11) is 0. The number of aromatic amines is 1. The van der Waals surface area contributed by atoms with Crippen LogP contribution in [0, 0.1) is 11.8 Å². The number of aromatic nitrogens is 2. The average molecular weight is 258 g/mol. The molecule has 0 amide bonds. The fraction of sp³-hybridized carbons (Fsp3) is 0.154. The number of hydrogen-bond acceptors (Lipinski definition) is 4. The summed E-state index contributed by atoms with van der Waals surface area (Å²) in [4.78, 5) is 28.8. The van der Waals surface area contributed by atoms with Crippen molar-refractivity contribution in [1.29, 1.82) is 0 Å². The lowest BCUT2D eigenvalue weighted by Gasteiger charge is -1.95. The van der Waals surface area contributed by atoms with E-state index in [1.165, 1.54) is 25.0 Å². The summed E-state index contributed by atoms with van der Waals surface area (Å²) in [6, 6.07) is 5.23. The molecule has 0 aliphatic rings. The van der Waals surface area contributed by atoms with Crippen molar-refractivity contribution in [2.75, 3.05) is 5.75 Å². The Labute approximate surface area is 108 Å². The van der Waals surface area contributed by atoms with E-state index in [1.807, 2.05) is 0 Å². The molecular weight excluding hydrogens is 248 g/mol. The van der Waals surface area contributed by atoms with Gasteiger partial charge in [0.15, 0.2) is 5.12 Å². The third kappa shape index (κ3) is 2.99. The molecule has 0 spiro atoms. The molecule has 0 radical (unpaired) electrons. The van der Waals surface area contributed by atoms with Crippen LogP contribution in [0.4, 0.5) is 0 Å². The smallest absolute Gasteiger partial charge is 0.258 e. The van der Waals surface area contributed by atoms with Crippen LogP contribution in [0.25, 0.3) is 10.9 Å². The minimum absolute atomic E-state index is 0.0519. The largest absolute Gasteiger partial charge is 0.313 e. The van der Waals surface area contributed by atoms with Crippen LogP contribution in [0.15, 0.2) is 29.3 Å². The normalized spacial score (nSPS) is 9.83. The number of hydrogen-bond donors (Lipinski definition) is 1. The summed E-state index contributed by atoms with van der Waals surface area (Å²) in [5.41, 5.74) is 1.24. The first kappa shape index (κ1) is 12.4. The van der Waals surface area contributed by atoms with Crippen LogP contribution < -0.4 is 5.56 Å². The van der Waals surface area contributed by atoms with Crippen molar-refractivity contribution in [2.24, 2.45) is 0 Å². The van der Waals surface area contributed by atoms with Gasteiger partial charge in [0, 0.05) is 12.5 Å². The van der Waals surface area contributed by atoms with Crippen LogP contribution in [0.1, 0.15) is 12.5 Å². The number of benzene rings is 1. The third-order valence-electron chi connectivity index (χ3n) is 2.22. The minimum Gasteiger partial charge on any atom is -0.313 e. The van der Waals surface area contributed by atoms with Gasteiger partial charge in [0.2, 0.25) is 0 Å². The number of nitrogens with one attached hydrogen (secondary N) is 1. The summed E-state index contributed by atoms with van der Waals surface area (Å²) in [5, 5.41) is 0.595. The van der Waals surface area contributed by atoms with Crippen molar-refractivity contribution in [1.82, 2.24) is 9.97 Å². The molecule has 1 heterocycles. The van der Waals surface area contributed by atoms with Gasteiger partial charge >= 0.3 is 0 Å². The molecule has 0 atom stereocenters. The first-order chi connectivity index (χ1) is 8.66. The molecule has 1 aromatic carbocycles. The lowest BCUT2D eigenvalue weighted by atomic mass is 10.1. The molecule has 0 fully saturated rings. The maximum absolute atomic E-state index is 11.5. The molecule has 4 nitrogen and oxygen atoms in total. The Morgan fingerprint density at radius 3 is 3.11 bits per heavy atom. The Hall–Kier alpha value is -2.06. The van der Waals surface area contributed by atoms with E-state index in [2.05, 4.69) is 21.8 Å². The van der Waals surface area contributed by atoms with Crippen molar-refractivity contribution < 1.29 is 4.79 Å². The topological polar surface area (TPSA) is 62.8 Å². The molecule has 18 heavy (non-hydrogen) atoms. The van der Waals surface area contributed by atoms with Gasteiger partial charge in [-0.15, -0.1) is 0 Å². The van der Waals surface area contributed by atoms with E-state index in [-0.39, 0.29) is 10.7 Å². The van der Waals surface area contributed by atoms with Gasteiger partial charge in [-0.3, -0.25) is 9.59 Å². The van der Waals surface area contributed by atoms with Gasteiger partial charge in [-0.25, -0.2) is 4.98 Å². The van der Waals surface area contributed by atoms with Crippen LogP contribution in [0.2, 0.25) is 0 Å². The van der Waals surface area contributed by atoms with Crippen LogP contribution in [-0.2, 0) is 4.79 Å². The fourth-order valence-electron chi connectivity index (χ4n) is 1.42. The average Bonchev–Trinajstić information content (AvgIpc) is 2.35. The van der Waals surface area contributed by atoms with Gasteiger partial charge < -0.3 is 4.98 Å². The molecule has 90 valence electrons.